The Kier molecular flexibility index (Phi) is 7.36. The van der Waals surface area contributed by atoms with Gasteiger partial charge in [0.1, 0.15) is 17.6 Å². The summed E-state index contributed by atoms with van der Waals surface area (Å²) in [4.78, 5) is 5.26. The molecule has 3 aromatic rings. The molecule has 2 unspecified atom stereocenters. The molecule has 0 bridgehead atoms. The third-order valence-electron chi connectivity index (χ3n) is 8.47. The van der Waals surface area contributed by atoms with Crippen molar-refractivity contribution < 1.29 is 9.84 Å². The first-order chi connectivity index (χ1) is 17.4. The number of hydrogen-bond acceptors (Lipinski definition) is 4. The molecule has 5 rings (SSSR count). The predicted molar refractivity (Wildman–Crippen MR) is 147 cm³/mol. The number of aromatic hydroxyl groups is 1. The Labute approximate surface area is 216 Å². The summed E-state index contributed by atoms with van der Waals surface area (Å²) in [5.74, 6) is 1.91. The van der Waals surface area contributed by atoms with Crippen molar-refractivity contribution in [2.24, 2.45) is 5.92 Å². The first kappa shape index (κ1) is 24.9. The number of phenols is 1. The van der Waals surface area contributed by atoms with Crippen LogP contribution in [0.3, 0.4) is 0 Å². The smallest absolute Gasteiger partial charge is 0.126 e. The number of ether oxygens (including phenoxy) is 1. The first-order valence-electron chi connectivity index (χ1n) is 13.5. The summed E-state index contributed by atoms with van der Waals surface area (Å²) in [5, 5.41) is 10.5. The van der Waals surface area contributed by atoms with Gasteiger partial charge in [-0.1, -0.05) is 67.6 Å². The van der Waals surface area contributed by atoms with E-state index < -0.39 is 0 Å². The molecule has 0 aliphatic carbocycles. The lowest BCUT2D eigenvalue weighted by atomic mass is 9.88. The summed E-state index contributed by atoms with van der Waals surface area (Å²) in [6.45, 7) is 13.8. The molecule has 4 heteroatoms. The van der Waals surface area contributed by atoms with Gasteiger partial charge in [-0.2, -0.15) is 0 Å². The van der Waals surface area contributed by atoms with Crippen molar-refractivity contribution in [3.05, 3.63) is 94.0 Å². The molecule has 0 amide bonds. The summed E-state index contributed by atoms with van der Waals surface area (Å²) in [7, 11) is 0. The van der Waals surface area contributed by atoms with Crippen LogP contribution in [0.15, 0.2) is 60.7 Å². The van der Waals surface area contributed by atoms with E-state index in [1.165, 1.54) is 16.7 Å². The molecule has 1 saturated heterocycles. The van der Waals surface area contributed by atoms with Gasteiger partial charge in [0, 0.05) is 44.2 Å². The Morgan fingerprint density at radius 3 is 2.00 bits per heavy atom. The van der Waals surface area contributed by atoms with Crippen LogP contribution in [0.5, 0.6) is 11.5 Å². The van der Waals surface area contributed by atoms with Crippen molar-refractivity contribution in [2.75, 3.05) is 32.7 Å². The molecular formula is C32H40N2O2. The van der Waals surface area contributed by atoms with Gasteiger partial charge in [-0.15, -0.1) is 0 Å². The van der Waals surface area contributed by atoms with E-state index in [2.05, 4.69) is 84.3 Å². The fourth-order valence-corrected chi connectivity index (χ4v) is 6.14. The molecule has 190 valence electrons. The molecule has 0 saturated carbocycles. The molecule has 0 spiro atoms. The molecule has 36 heavy (non-hydrogen) atoms. The van der Waals surface area contributed by atoms with E-state index >= 15 is 0 Å². The van der Waals surface area contributed by atoms with Gasteiger partial charge in [-0.3, -0.25) is 4.90 Å². The second-order valence-corrected chi connectivity index (χ2v) is 10.8. The molecule has 2 heterocycles. The van der Waals surface area contributed by atoms with Crippen LogP contribution in [0.4, 0.5) is 0 Å². The molecular weight excluding hydrogens is 444 g/mol. The van der Waals surface area contributed by atoms with Crippen LogP contribution in [0, 0.1) is 26.7 Å². The number of rotatable bonds is 6. The van der Waals surface area contributed by atoms with Crippen LogP contribution in [-0.2, 0) is 6.42 Å². The lowest BCUT2D eigenvalue weighted by Crippen LogP contribution is -2.50. The summed E-state index contributed by atoms with van der Waals surface area (Å²) in [6.07, 6.45) is 2.22. The Hall–Kier alpha value is -2.82. The quantitative estimate of drug-likeness (QED) is 0.462. The third-order valence-corrected chi connectivity index (χ3v) is 8.47. The summed E-state index contributed by atoms with van der Waals surface area (Å²) >= 11 is 0. The van der Waals surface area contributed by atoms with E-state index in [-0.39, 0.29) is 6.10 Å². The largest absolute Gasteiger partial charge is 0.507 e. The SMILES string of the molecule is Cc1c(C)c2c(c(C)c1O)CCC(C(C)CN1CCN(C(c3ccccc3)c3ccccc3)CC1)O2. The zero-order chi connectivity index (χ0) is 25.2. The zero-order valence-corrected chi connectivity index (χ0v) is 22.2. The van der Waals surface area contributed by atoms with Crippen LogP contribution in [0.1, 0.15) is 52.8 Å². The molecule has 2 atom stereocenters. The van der Waals surface area contributed by atoms with Gasteiger partial charge in [0.15, 0.2) is 0 Å². The summed E-state index contributed by atoms with van der Waals surface area (Å²) in [6, 6.07) is 22.1. The van der Waals surface area contributed by atoms with Gasteiger partial charge in [-0.05, 0) is 61.4 Å². The van der Waals surface area contributed by atoms with Crippen molar-refractivity contribution in [1.82, 2.24) is 9.80 Å². The van der Waals surface area contributed by atoms with Gasteiger partial charge in [0.2, 0.25) is 0 Å². The Morgan fingerprint density at radius 1 is 0.833 bits per heavy atom. The standard InChI is InChI=1S/C32H40N2O2/c1-22(29-16-15-28-25(4)31(35)23(2)24(3)32(28)36-29)21-33-17-19-34(20-18-33)30(26-11-7-5-8-12-26)27-13-9-6-10-14-27/h5-14,22,29-30,35H,15-21H2,1-4H3. The van der Waals surface area contributed by atoms with E-state index in [0.29, 0.717) is 17.7 Å². The molecule has 1 N–H and O–H groups in total. The Bertz CT molecular complexity index is 1130. The molecule has 4 nitrogen and oxygen atoms in total. The van der Waals surface area contributed by atoms with Gasteiger partial charge >= 0.3 is 0 Å². The van der Waals surface area contributed by atoms with Gasteiger partial charge in [0.05, 0.1) is 6.04 Å². The number of phenolic OH excluding ortho intramolecular Hbond substituents is 1. The average molecular weight is 485 g/mol. The predicted octanol–water partition coefficient (Wildman–Crippen LogP) is 6.05. The highest BCUT2D eigenvalue weighted by molar-refractivity contribution is 5.58. The van der Waals surface area contributed by atoms with Crippen molar-refractivity contribution in [3.63, 3.8) is 0 Å². The van der Waals surface area contributed by atoms with E-state index in [4.69, 9.17) is 4.74 Å². The zero-order valence-electron chi connectivity index (χ0n) is 22.2. The van der Waals surface area contributed by atoms with Gasteiger partial charge in [-0.25, -0.2) is 0 Å². The second kappa shape index (κ2) is 10.7. The molecule has 3 aromatic carbocycles. The third kappa shape index (κ3) is 4.89. The first-order valence-corrected chi connectivity index (χ1v) is 13.5. The maximum atomic E-state index is 10.5. The van der Waals surface area contributed by atoms with Gasteiger partial charge in [0.25, 0.3) is 0 Å². The number of hydrogen-bond donors (Lipinski definition) is 1. The number of piperazine rings is 1. The number of nitrogens with zero attached hydrogens (tertiary/aromatic N) is 2. The van der Waals surface area contributed by atoms with E-state index in [0.717, 1.165) is 68.0 Å². The number of fused-ring (bicyclic) bond motifs is 1. The number of benzene rings is 3. The minimum absolute atomic E-state index is 0.221. The second-order valence-electron chi connectivity index (χ2n) is 10.8. The molecule has 0 radical (unpaired) electrons. The minimum atomic E-state index is 0.221. The lowest BCUT2D eigenvalue weighted by Gasteiger charge is -2.41. The van der Waals surface area contributed by atoms with Crippen LogP contribution < -0.4 is 4.74 Å². The maximum absolute atomic E-state index is 10.5. The van der Waals surface area contributed by atoms with Crippen molar-refractivity contribution in [1.29, 1.82) is 0 Å². The Balaban J connectivity index is 1.23. The highest BCUT2D eigenvalue weighted by Crippen LogP contribution is 2.42. The molecule has 0 aromatic heterocycles. The highest BCUT2D eigenvalue weighted by atomic mass is 16.5. The topological polar surface area (TPSA) is 35.9 Å². The van der Waals surface area contributed by atoms with Crippen LogP contribution >= 0.6 is 0 Å². The summed E-state index contributed by atoms with van der Waals surface area (Å²) in [5.41, 5.74) is 6.95. The normalized spacial score (nSPS) is 19.6. The van der Waals surface area contributed by atoms with Crippen molar-refractivity contribution in [3.8, 4) is 11.5 Å². The fourth-order valence-electron chi connectivity index (χ4n) is 6.14. The van der Waals surface area contributed by atoms with Gasteiger partial charge < -0.3 is 14.7 Å². The van der Waals surface area contributed by atoms with E-state index in [1.807, 2.05) is 13.8 Å². The Morgan fingerprint density at radius 2 is 1.42 bits per heavy atom. The monoisotopic (exact) mass is 484 g/mol. The van der Waals surface area contributed by atoms with Crippen LogP contribution in [0.25, 0.3) is 0 Å². The summed E-state index contributed by atoms with van der Waals surface area (Å²) < 4.78 is 6.61. The van der Waals surface area contributed by atoms with Crippen LogP contribution in [0.2, 0.25) is 0 Å². The molecule has 2 aliphatic heterocycles. The molecule has 1 fully saturated rings. The highest BCUT2D eigenvalue weighted by Gasteiger charge is 2.32. The lowest BCUT2D eigenvalue weighted by molar-refractivity contribution is 0.0592. The average Bonchev–Trinajstić information content (AvgIpc) is 2.92. The van der Waals surface area contributed by atoms with E-state index in [9.17, 15) is 5.11 Å². The maximum Gasteiger partial charge on any atom is 0.126 e. The van der Waals surface area contributed by atoms with Crippen LogP contribution in [-0.4, -0.2) is 53.7 Å². The van der Waals surface area contributed by atoms with E-state index in [1.54, 1.807) is 0 Å². The fraction of sp³-hybridized carbons (Fsp3) is 0.438. The minimum Gasteiger partial charge on any atom is -0.507 e. The van der Waals surface area contributed by atoms with Crippen molar-refractivity contribution >= 4 is 0 Å². The molecule has 2 aliphatic rings. The van der Waals surface area contributed by atoms with Crippen molar-refractivity contribution in [2.45, 2.75) is 52.7 Å².